The number of benzene rings is 2. The zero-order valence-corrected chi connectivity index (χ0v) is 21.3. The van der Waals surface area contributed by atoms with Crippen LogP contribution in [0.5, 0.6) is 5.75 Å². The monoisotopic (exact) mass is 472 g/mol. The van der Waals surface area contributed by atoms with E-state index < -0.39 is 0 Å². The van der Waals surface area contributed by atoms with Crippen molar-refractivity contribution in [2.24, 2.45) is 5.41 Å². The van der Waals surface area contributed by atoms with Crippen molar-refractivity contribution in [2.45, 2.75) is 96.3 Å². The van der Waals surface area contributed by atoms with Crippen LogP contribution in [0.4, 0.5) is 4.39 Å². The zero-order chi connectivity index (χ0) is 24.9. The van der Waals surface area contributed by atoms with Gasteiger partial charge in [0.15, 0.2) is 0 Å². The number of aryl methyl sites for hydroxylation is 2. The van der Waals surface area contributed by atoms with Crippen molar-refractivity contribution in [1.29, 1.82) is 10.5 Å². The predicted octanol–water partition coefficient (Wildman–Crippen LogP) is 7.93. The molecule has 3 nitrogen and oxygen atoms in total. The number of halogens is 1. The van der Waals surface area contributed by atoms with Crippen molar-refractivity contribution >= 4 is 0 Å². The van der Waals surface area contributed by atoms with E-state index in [2.05, 4.69) is 32.1 Å². The Kier molecular flexibility index (Phi) is 7.81. The maximum absolute atomic E-state index is 15.3. The Morgan fingerprint density at radius 3 is 2.11 bits per heavy atom. The maximum atomic E-state index is 15.3. The zero-order valence-electron chi connectivity index (χ0n) is 21.3. The van der Waals surface area contributed by atoms with Gasteiger partial charge in [-0.25, -0.2) is 4.39 Å². The number of nitriles is 2. The summed E-state index contributed by atoms with van der Waals surface area (Å²) in [5.41, 5.74) is 3.93. The third kappa shape index (κ3) is 5.08. The summed E-state index contributed by atoms with van der Waals surface area (Å²) in [4.78, 5) is 0. The molecule has 0 aromatic heterocycles. The number of hydrogen-bond donors (Lipinski definition) is 0. The minimum absolute atomic E-state index is 0.147. The van der Waals surface area contributed by atoms with Crippen LogP contribution in [0.25, 0.3) is 0 Å². The molecule has 0 unspecified atom stereocenters. The smallest absolute Gasteiger partial charge is 0.138 e. The highest BCUT2D eigenvalue weighted by molar-refractivity contribution is 5.58. The molecule has 0 radical (unpaired) electrons. The van der Waals surface area contributed by atoms with E-state index in [4.69, 9.17) is 4.74 Å². The third-order valence-corrected chi connectivity index (χ3v) is 8.74. The number of nitrogens with zero attached hydrogens (tertiary/aromatic N) is 2. The van der Waals surface area contributed by atoms with Crippen LogP contribution in [0.2, 0.25) is 0 Å². The standard InChI is InChI=1S/C31H37FN2O/c1-3-5-19-35-29-11-9-23(26(21-33)27(29)22-34)6-7-24-8-10-25(20-28(24)32)31-16-13-30(12-4-2,14-17-31)15-18-31/h8-11,20H,3-7,12-19H2,1-2H3. The number of ether oxygens (including phenoxy) is 1. The van der Waals surface area contributed by atoms with Gasteiger partial charge < -0.3 is 4.74 Å². The summed E-state index contributed by atoms with van der Waals surface area (Å²) in [7, 11) is 0. The number of rotatable bonds is 10. The van der Waals surface area contributed by atoms with Crippen molar-refractivity contribution in [1.82, 2.24) is 0 Å². The highest BCUT2D eigenvalue weighted by Crippen LogP contribution is 2.59. The van der Waals surface area contributed by atoms with Gasteiger partial charge in [0.25, 0.3) is 0 Å². The van der Waals surface area contributed by atoms with Crippen LogP contribution in [-0.4, -0.2) is 6.61 Å². The first-order valence-corrected chi connectivity index (χ1v) is 13.4. The van der Waals surface area contributed by atoms with E-state index in [0.717, 1.165) is 18.4 Å². The second-order valence-corrected chi connectivity index (χ2v) is 10.7. The fourth-order valence-electron chi connectivity index (χ4n) is 6.47. The predicted molar refractivity (Wildman–Crippen MR) is 137 cm³/mol. The van der Waals surface area contributed by atoms with E-state index in [1.54, 1.807) is 12.1 Å². The normalized spacial score (nSPS) is 23.0. The summed E-state index contributed by atoms with van der Waals surface area (Å²) < 4.78 is 21.0. The van der Waals surface area contributed by atoms with Gasteiger partial charge in [-0.15, -0.1) is 0 Å². The number of hydrogen-bond acceptors (Lipinski definition) is 3. The molecule has 4 heteroatoms. The Morgan fingerprint density at radius 1 is 0.857 bits per heavy atom. The van der Waals surface area contributed by atoms with Crippen LogP contribution < -0.4 is 4.74 Å². The van der Waals surface area contributed by atoms with E-state index in [9.17, 15) is 10.5 Å². The molecule has 0 spiro atoms. The van der Waals surface area contributed by atoms with Crippen molar-refractivity contribution in [3.8, 4) is 17.9 Å². The fraction of sp³-hybridized carbons (Fsp3) is 0.548. The van der Waals surface area contributed by atoms with Crippen molar-refractivity contribution in [2.75, 3.05) is 6.61 Å². The summed E-state index contributed by atoms with van der Waals surface area (Å²) in [6, 6.07) is 13.8. The van der Waals surface area contributed by atoms with E-state index in [1.807, 2.05) is 12.1 Å². The SMILES string of the molecule is CCCCOc1ccc(CCc2ccc(C34CCC(CCC)(CC3)CC4)cc2F)c(C#N)c1C#N. The van der Waals surface area contributed by atoms with E-state index >= 15 is 4.39 Å². The Balaban J connectivity index is 1.47. The minimum Gasteiger partial charge on any atom is -0.492 e. The van der Waals surface area contributed by atoms with Crippen LogP contribution >= 0.6 is 0 Å². The third-order valence-electron chi connectivity index (χ3n) is 8.74. The van der Waals surface area contributed by atoms with Crippen molar-refractivity contribution < 1.29 is 9.13 Å². The molecule has 0 amide bonds. The average Bonchev–Trinajstić information content (AvgIpc) is 2.89. The van der Waals surface area contributed by atoms with Crippen LogP contribution in [0.3, 0.4) is 0 Å². The molecule has 184 valence electrons. The molecule has 35 heavy (non-hydrogen) atoms. The molecular formula is C31H37FN2O. The second-order valence-electron chi connectivity index (χ2n) is 10.7. The summed E-state index contributed by atoms with van der Waals surface area (Å²) >= 11 is 0. The molecule has 2 aromatic rings. The minimum atomic E-state index is -0.147. The highest BCUT2D eigenvalue weighted by Gasteiger charge is 2.48. The van der Waals surface area contributed by atoms with E-state index in [0.29, 0.717) is 41.7 Å². The topological polar surface area (TPSA) is 56.8 Å². The quantitative estimate of drug-likeness (QED) is 0.330. The molecule has 3 aliphatic carbocycles. The molecule has 0 heterocycles. The van der Waals surface area contributed by atoms with Gasteiger partial charge >= 0.3 is 0 Å². The van der Waals surface area contributed by atoms with Gasteiger partial charge in [0, 0.05) is 0 Å². The Bertz CT molecular complexity index is 1120. The molecule has 3 fully saturated rings. The summed E-state index contributed by atoms with van der Waals surface area (Å²) in [5, 5.41) is 19.4. The summed E-state index contributed by atoms with van der Waals surface area (Å²) in [6.07, 6.45) is 12.9. The molecule has 0 N–H and O–H groups in total. The van der Waals surface area contributed by atoms with Gasteiger partial charge in [0.2, 0.25) is 0 Å². The number of fused-ring (bicyclic) bond motifs is 3. The Morgan fingerprint density at radius 2 is 1.51 bits per heavy atom. The lowest BCUT2D eigenvalue weighted by Gasteiger charge is -2.54. The largest absolute Gasteiger partial charge is 0.492 e. The van der Waals surface area contributed by atoms with Gasteiger partial charge in [-0.05, 0) is 104 Å². The molecular weight excluding hydrogens is 435 g/mol. The van der Waals surface area contributed by atoms with Crippen LogP contribution in [0, 0.1) is 33.9 Å². The summed E-state index contributed by atoms with van der Waals surface area (Å²) in [6.45, 7) is 4.88. The molecule has 2 bridgehead atoms. The van der Waals surface area contributed by atoms with Crippen molar-refractivity contribution in [3.05, 3.63) is 64.0 Å². The van der Waals surface area contributed by atoms with E-state index in [-0.39, 0.29) is 16.8 Å². The van der Waals surface area contributed by atoms with Crippen LogP contribution in [0.1, 0.15) is 106 Å². The van der Waals surface area contributed by atoms with Gasteiger partial charge in [0.05, 0.1) is 12.2 Å². The van der Waals surface area contributed by atoms with Gasteiger partial charge in [0.1, 0.15) is 29.3 Å². The lowest BCUT2D eigenvalue weighted by molar-refractivity contribution is 0.0319. The van der Waals surface area contributed by atoms with Crippen molar-refractivity contribution in [3.63, 3.8) is 0 Å². The maximum Gasteiger partial charge on any atom is 0.138 e. The lowest BCUT2D eigenvalue weighted by Crippen LogP contribution is -2.44. The molecule has 5 rings (SSSR count). The lowest BCUT2D eigenvalue weighted by atomic mass is 9.51. The first kappa shape index (κ1) is 25.2. The Labute approximate surface area is 209 Å². The fourth-order valence-corrected chi connectivity index (χ4v) is 6.47. The molecule has 0 atom stereocenters. The molecule has 3 aliphatic rings. The number of unbranched alkanes of at least 4 members (excludes halogenated alkanes) is 1. The Hall–Kier alpha value is -2.85. The molecule has 0 saturated heterocycles. The molecule has 0 aliphatic heterocycles. The first-order chi connectivity index (χ1) is 17.0. The van der Waals surface area contributed by atoms with E-state index in [1.165, 1.54) is 56.9 Å². The van der Waals surface area contributed by atoms with Gasteiger partial charge in [-0.3, -0.25) is 0 Å². The summed E-state index contributed by atoms with van der Waals surface area (Å²) in [5.74, 6) is 0.310. The highest BCUT2D eigenvalue weighted by atomic mass is 19.1. The first-order valence-electron chi connectivity index (χ1n) is 13.4. The van der Waals surface area contributed by atoms with Crippen LogP contribution in [0.15, 0.2) is 30.3 Å². The molecule has 3 saturated carbocycles. The molecule has 2 aromatic carbocycles. The van der Waals surface area contributed by atoms with Gasteiger partial charge in [-0.2, -0.15) is 10.5 Å². The van der Waals surface area contributed by atoms with Gasteiger partial charge in [-0.1, -0.05) is 44.9 Å². The second kappa shape index (κ2) is 10.8. The van der Waals surface area contributed by atoms with Crippen LogP contribution in [-0.2, 0) is 18.3 Å². The average molecular weight is 473 g/mol.